The van der Waals surface area contributed by atoms with Gasteiger partial charge in [0.2, 0.25) is 11.8 Å². The van der Waals surface area contributed by atoms with Crippen LogP contribution in [0.3, 0.4) is 0 Å². The molecule has 0 bridgehead atoms. The predicted molar refractivity (Wildman–Crippen MR) is 102 cm³/mol. The Bertz CT molecular complexity index is 792. The first-order valence-corrected chi connectivity index (χ1v) is 10.0. The normalized spacial score (nSPS) is 19.0. The maximum atomic E-state index is 12.6. The molecule has 3 heterocycles. The van der Waals surface area contributed by atoms with E-state index < -0.39 is 0 Å². The number of methoxy groups -OCH3 is 1. The third-order valence-electron chi connectivity index (χ3n) is 5.73. The molecule has 7 heteroatoms. The van der Waals surface area contributed by atoms with Crippen LogP contribution < -0.4 is 4.74 Å². The number of hydrogen-bond acceptors (Lipinski definition) is 6. The predicted octanol–water partition coefficient (Wildman–Crippen LogP) is 2.92. The first kappa shape index (κ1) is 18.9. The number of carbonyl (C=O) groups excluding carboxylic acids is 1. The average molecular weight is 385 g/mol. The zero-order valence-electron chi connectivity index (χ0n) is 16.3. The molecule has 0 N–H and O–H groups in total. The molecule has 1 amide bonds. The van der Waals surface area contributed by atoms with Crippen molar-refractivity contribution in [3.8, 4) is 5.75 Å². The second-order valence-corrected chi connectivity index (χ2v) is 7.56. The summed E-state index contributed by atoms with van der Waals surface area (Å²) in [5.74, 6) is 3.05. The number of likely N-dealkylation sites (tertiary alicyclic amines) is 1. The number of rotatable bonds is 5. The van der Waals surface area contributed by atoms with E-state index in [9.17, 15) is 4.79 Å². The van der Waals surface area contributed by atoms with Crippen molar-refractivity contribution in [2.75, 3.05) is 33.4 Å². The molecule has 0 unspecified atom stereocenters. The molecule has 2 aliphatic heterocycles. The fourth-order valence-corrected chi connectivity index (χ4v) is 3.98. The van der Waals surface area contributed by atoms with E-state index >= 15 is 0 Å². The zero-order chi connectivity index (χ0) is 19.3. The molecule has 0 radical (unpaired) electrons. The molecule has 7 nitrogen and oxygen atoms in total. The average Bonchev–Trinajstić information content (AvgIpc) is 3.25. The minimum Gasteiger partial charge on any atom is -0.497 e. The molecule has 2 saturated heterocycles. The summed E-state index contributed by atoms with van der Waals surface area (Å²) in [5.41, 5.74) is 0.976. The highest BCUT2D eigenvalue weighted by molar-refractivity contribution is 5.79. The summed E-state index contributed by atoms with van der Waals surface area (Å²) in [7, 11) is 1.64. The first-order valence-electron chi connectivity index (χ1n) is 10.0. The lowest BCUT2D eigenvalue weighted by Crippen LogP contribution is -2.38. The number of nitrogens with zero attached hydrogens (tertiary/aromatic N) is 3. The van der Waals surface area contributed by atoms with E-state index in [2.05, 4.69) is 10.1 Å². The molecule has 28 heavy (non-hydrogen) atoms. The lowest BCUT2D eigenvalue weighted by molar-refractivity contribution is -0.131. The molecule has 0 saturated carbocycles. The van der Waals surface area contributed by atoms with Gasteiger partial charge in [0.1, 0.15) is 5.75 Å². The second-order valence-electron chi connectivity index (χ2n) is 7.56. The van der Waals surface area contributed by atoms with Crippen molar-refractivity contribution in [3.05, 3.63) is 41.5 Å². The van der Waals surface area contributed by atoms with E-state index in [1.165, 1.54) is 0 Å². The van der Waals surface area contributed by atoms with E-state index in [0.717, 1.165) is 75.0 Å². The van der Waals surface area contributed by atoms with Crippen molar-refractivity contribution < 1.29 is 18.8 Å². The van der Waals surface area contributed by atoms with Gasteiger partial charge in [-0.15, -0.1) is 0 Å². The highest BCUT2D eigenvalue weighted by atomic mass is 16.5. The highest BCUT2D eigenvalue weighted by Crippen LogP contribution is 2.30. The van der Waals surface area contributed by atoms with Crippen molar-refractivity contribution in [3.63, 3.8) is 0 Å². The zero-order valence-corrected chi connectivity index (χ0v) is 16.3. The smallest absolute Gasteiger partial charge is 0.229 e. The highest BCUT2D eigenvalue weighted by Gasteiger charge is 2.29. The van der Waals surface area contributed by atoms with E-state index in [0.29, 0.717) is 12.3 Å². The molecule has 2 aromatic rings. The van der Waals surface area contributed by atoms with Crippen molar-refractivity contribution in [1.29, 1.82) is 0 Å². The van der Waals surface area contributed by atoms with Crippen LogP contribution >= 0.6 is 0 Å². The number of benzene rings is 1. The maximum Gasteiger partial charge on any atom is 0.229 e. The Morgan fingerprint density at radius 3 is 2.71 bits per heavy atom. The lowest BCUT2D eigenvalue weighted by Gasteiger charge is -2.30. The fourth-order valence-electron chi connectivity index (χ4n) is 3.98. The topological polar surface area (TPSA) is 77.7 Å². The van der Waals surface area contributed by atoms with Crippen LogP contribution in [0.4, 0.5) is 0 Å². The molecule has 0 atom stereocenters. The maximum absolute atomic E-state index is 12.6. The number of ether oxygens (including phenoxy) is 2. The summed E-state index contributed by atoms with van der Waals surface area (Å²) in [4.78, 5) is 19.2. The number of aromatic nitrogens is 2. The van der Waals surface area contributed by atoms with Crippen molar-refractivity contribution in [2.24, 2.45) is 0 Å². The van der Waals surface area contributed by atoms with Gasteiger partial charge in [0.15, 0.2) is 5.82 Å². The molecule has 1 aromatic carbocycles. The molecule has 1 aromatic heterocycles. The summed E-state index contributed by atoms with van der Waals surface area (Å²) >= 11 is 0. The van der Waals surface area contributed by atoms with Crippen LogP contribution in [0.5, 0.6) is 5.75 Å². The van der Waals surface area contributed by atoms with E-state index in [4.69, 9.17) is 14.0 Å². The lowest BCUT2D eigenvalue weighted by atomic mass is 9.96. The molecule has 0 spiro atoms. The van der Waals surface area contributed by atoms with Crippen LogP contribution in [0.2, 0.25) is 0 Å². The van der Waals surface area contributed by atoms with Crippen LogP contribution in [0, 0.1) is 0 Å². The van der Waals surface area contributed by atoms with E-state index in [1.54, 1.807) is 7.11 Å². The Hall–Kier alpha value is -2.41. The molecule has 0 aliphatic carbocycles. The van der Waals surface area contributed by atoms with Gasteiger partial charge in [-0.05, 0) is 43.4 Å². The number of hydrogen-bond donors (Lipinski definition) is 0. The van der Waals surface area contributed by atoms with Crippen LogP contribution in [-0.2, 0) is 16.0 Å². The number of amides is 1. The molecule has 150 valence electrons. The Morgan fingerprint density at radius 1 is 1.18 bits per heavy atom. The van der Waals surface area contributed by atoms with Gasteiger partial charge < -0.3 is 18.9 Å². The summed E-state index contributed by atoms with van der Waals surface area (Å²) in [6.07, 6.45) is 4.03. The minimum absolute atomic E-state index is 0.153. The third kappa shape index (κ3) is 4.35. The van der Waals surface area contributed by atoms with E-state index in [1.807, 2.05) is 29.2 Å². The quantitative estimate of drug-likeness (QED) is 0.788. The summed E-state index contributed by atoms with van der Waals surface area (Å²) in [5, 5.41) is 4.21. The van der Waals surface area contributed by atoms with Gasteiger partial charge in [-0.25, -0.2) is 0 Å². The Kier molecular flexibility index (Phi) is 5.90. The number of piperidine rings is 1. The van der Waals surface area contributed by atoms with E-state index in [-0.39, 0.29) is 11.8 Å². The van der Waals surface area contributed by atoms with Crippen molar-refractivity contribution in [2.45, 2.75) is 43.9 Å². The van der Waals surface area contributed by atoms with Crippen molar-refractivity contribution >= 4 is 5.91 Å². The fraction of sp³-hybridized carbons (Fsp3) is 0.571. The Balaban J connectivity index is 1.30. The van der Waals surface area contributed by atoms with Crippen molar-refractivity contribution in [1.82, 2.24) is 15.0 Å². The van der Waals surface area contributed by atoms with Gasteiger partial charge in [0, 0.05) is 38.1 Å². The van der Waals surface area contributed by atoms with Crippen LogP contribution in [-0.4, -0.2) is 54.4 Å². The minimum atomic E-state index is 0.153. The summed E-state index contributed by atoms with van der Waals surface area (Å²) < 4.78 is 16.2. The van der Waals surface area contributed by atoms with Gasteiger partial charge >= 0.3 is 0 Å². The first-order chi connectivity index (χ1) is 13.7. The van der Waals surface area contributed by atoms with Gasteiger partial charge in [0.25, 0.3) is 0 Å². The summed E-state index contributed by atoms with van der Waals surface area (Å²) in [6.45, 7) is 2.98. The van der Waals surface area contributed by atoms with Gasteiger partial charge in [-0.2, -0.15) is 4.98 Å². The van der Waals surface area contributed by atoms with Crippen LogP contribution in [0.15, 0.2) is 28.8 Å². The Morgan fingerprint density at radius 2 is 1.96 bits per heavy atom. The molecule has 4 rings (SSSR count). The summed E-state index contributed by atoms with van der Waals surface area (Å²) in [6, 6.07) is 7.68. The standard InChI is InChI=1S/C21H27N3O4/c1-26-18-4-2-3-15(13-18)14-19(25)24-9-5-17(6-10-24)21-22-20(23-28-21)16-7-11-27-12-8-16/h2-4,13,16-17H,5-12,14H2,1H3. The monoisotopic (exact) mass is 385 g/mol. The SMILES string of the molecule is COc1cccc(CC(=O)N2CCC(c3nc(C4CCOCC4)no3)CC2)c1. The number of carbonyl (C=O) groups is 1. The Labute approximate surface area is 165 Å². The molecular weight excluding hydrogens is 358 g/mol. The molecular formula is C21H27N3O4. The molecule has 2 fully saturated rings. The van der Waals surface area contributed by atoms with Gasteiger partial charge in [-0.1, -0.05) is 17.3 Å². The van der Waals surface area contributed by atoms with Crippen LogP contribution in [0.25, 0.3) is 0 Å². The molecule has 2 aliphatic rings. The van der Waals surface area contributed by atoms with Crippen LogP contribution in [0.1, 0.15) is 54.8 Å². The van der Waals surface area contributed by atoms with Gasteiger partial charge in [-0.3, -0.25) is 4.79 Å². The second kappa shape index (κ2) is 8.73. The largest absolute Gasteiger partial charge is 0.497 e. The van der Waals surface area contributed by atoms with Gasteiger partial charge in [0.05, 0.1) is 13.5 Å². The third-order valence-corrected chi connectivity index (χ3v) is 5.73.